The van der Waals surface area contributed by atoms with E-state index >= 15 is 0 Å². The lowest BCUT2D eigenvalue weighted by Crippen LogP contribution is -2.33. The third-order valence-corrected chi connectivity index (χ3v) is 4.61. The van der Waals surface area contributed by atoms with Crippen LogP contribution in [-0.2, 0) is 0 Å². The van der Waals surface area contributed by atoms with E-state index in [9.17, 15) is 0 Å². The van der Waals surface area contributed by atoms with Crippen molar-refractivity contribution < 1.29 is 9.47 Å². The molecule has 22 heavy (non-hydrogen) atoms. The molecule has 0 bridgehead atoms. The number of ether oxygens (including phenoxy) is 2. The van der Waals surface area contributed by atoms with Crippen molar-refractivity contribution in [3.05, 3.63) is 30.3 Å². The highest BCUT2D eigenvalue weighted by molar-refractivity contribution is 7.99. The van der Waals surface area contributed by atoms with Crippen LogP contribution < -0.4 is 14.4 Å². The molecule has 0 aliphatic carbocycles. The van der Waals surface area contributed by atoms with Crippen molar-refractivity contribution in [3.63, 3.8) is 0 Å². The van der Waals surface area contributed by atoms with Crippen LogP contribution in [0.3, 0.4) is 0 Å². The Labute approximate surface area is 134 Å². The van der Waals surface area contributed by atoms with Gasteiger partial charge in [0.05, 0.1) is 19.9 Å². The molecule has 0 saturated carbocycles. The van der Waals surface area contributed by atoms with E-state index in [2.05, 4.69) is 15.1 Å². The monoisotopic (exact) mass is 317 g/mol. The van der Waals surface area contributed by atoms with E-state index in [-0.39, 0.29) is 0 Å². The van der Waals surface area contributed by atoms with E-state index in [0.29, 0.717) is 0 Å². The van der Waals surface area contributed by atoms with Crippen LogP contribution in [0.2, 0.25) is 0 Å². The Kier molecular flexibility index (Phi) is 4.68. The summed E-state index contributed by atoms with van der Waals surface area (Å²) in [5.74, 6) is 4.73. The smallest absolute Gasteiger partial charge is 0.151 e. The first-order chi connectivity index (χ1) is 10.8. The molecule has 0 atom stereocenters. The molecule has 1 saturated heterocycles. The number of nitrogens with zero attached hydrogens (tertiary/aromatic N) is 3. The van der Waals surface area contributed by atoms with Crippen LogP contribution in [0.5, 0.6) is 11.5 Å². The van der Waals surface area contributed by atoms with E-state index in [4.69, 9.17) is 9.47 Å². The Morgan fingerprint density at radius 1 is 1.00 bits per heavy atom. The fourth-order valence-electron chi connectivity index (χ4n) is 2.44. The highest BCUT2D eigenvalue weighted by atomic mass is 32.2. The molecule has 5 nitrogen and oxygen atoms in total. The molecule has 0 radical (unpaired) electrons. The van der Waals surface area contributed by atoms with Gasteiger partial charge in [0.1, 0.15) is 11.5 Å². The zero-order chi connectivity index (χ0) is 15.4. The molecule has 116 valence electrons. The molecular formula is C16H19N3O2S. The van der Waals surface area contributed by atoms with Crippen LogP contribution in [0.25, 0.3) is 11.3 Å². The molecule has 0 amide bonds. The van der Waals surface area contributed by atoms with Gasteiger partial charge in [-0.2, -0.15) is 11.8 Å². The minimum atomic E-state index is 0.732. The Hall–Kier alpha value is -1.95. The summed E-state index contributed by atoms with van der Waals surface area (Å²) in [5.41, 5.74) is 1.71. The summed E-state index contributed by atoms with van der Waals surface area (Å²) in [6.07, 6.45) is 0. The molecule has 1 aromatic heterocycles. The van der Waals surface area contributed by atoms with Gasteiger partial charge in [0.15, 0.2) is 5.82 Å². The minimum absolute atomic E-state index is 0.732. The van der Waals surface area contributed by atoms with Crippen LogP contribution in [-0.4, -0.2) is 49.0 Å². The molecule has 2 heterocycles. The van der Waals surface area contributed by atoms with E-state index < -0.39 is 0 Å². The third kappa shape index (κ3) is 3.11. The van der Waals surface area contributed by atoms with Gasteiger partial charge in [0, 0.05) is 36.2 Å². The number of hydrogen-bond acceptors (Lipinski definition) is 6. The Morgan fingerprint density at radius 3 is 2.45 bits per heavy atom. The average molecular weight is 317 g/mol. The van der Waals surface area contributed by atoms with Gasteiger partial charge >= 0.3 is 0 Å². The molecule has 0 N–H and O–H groups in total. The second-order valence-electron chi connectivity index (χ2n) is 4.94. The predicted octanol–water partition coefficient (Wildman–Crippen LogP) is 2.71. The molecule has 0 spiro atoms. The molecule has 6 heteroatoms. The van der Waals surface area contributed by atoms with E-state index in [1.165, 1.54) is 0 Å². The second-order valence-corrected chi connectivity index (χ2v) is 6.17. The number of aromatic nitrogens is 2. The number of benzene rings is 1. The van der Waals surface area contributed by atoms with Gasteiger partial charge in [0.25, 0.3) is 0 Å². The highest BCUT2D eigenvalue weighted by Crippen LogP contribution is 2.32. The highest BCUT2D eigenvalue weighted by Gasteiger charge is 2.14. The second kappa shape index (κ2) is 6.87. The minimum Gasteiger partial charge on any atom is -0.497 e. The molecule has 1 fully saturated rings. The van der Waals surface area contributed by atoms with Crippen LogP contribution in [0.15, 0.2) is 30.3 Å². The lowest BCUT2D eigenvalue weighted by Gasteiger charge is -2.26. The predicted molar refractivity (Wildman–Crippen MR) is 90.1 cm³/mol. The molecular weight excluding hydrogens is 298 g/mol. The topological polar surface area (TPSA) is 47.5 Å². The SMILES string of the molecule is COc1ccc(-c2ccc(N3CCSCC3)nn2)c(OC)c1. The standard InChI is InChI=1S/C16H19N3O2S/c1-20-12-3-4-13(15(11-12)21-2)14-5-6-16(18-17-14)19-7-9-22-10-8-19/h3-6,11H,7-10H2,1-2H3. The number of thioether (sulfide) groups is 1. The van der Waals surface area contributed by atoms with Crippen LogP contribution in [0.4, 0.5) is 5.82 Å². The Bertz CT molecular complexity index is 628. The number of methoxy groups -OCH3 is 2. The average Bonchev–Trinajstić information content (AvgIpc) is 2.62. The van der Waals surface area contributed by atoms with Crippen LogP contribution >= 0.6 is 11.8 Å². The largest absolute Gasteiger partial charge is 0.497 e. The summed E-state index contributed by atoms with van der Waals surface area (Å²) >= 11 is 1.98. The fraction of sp³-hybridized carbons (Fsp3) is 0.375. The summed E-state index contributed by atoms with van der Waals surface area (Å²) in [7, 11) is 3.28. The maximum atomic E-state index is 5.43. The lowest BCUT2D eigenvalue weighted by atomic mass is 10.1. The fourth-order valence-corrected chi connectivity index (χ4v) is 3.34. The van der Waals surface area contributed by atoms with Gasteiger partial charge in [-0.15, -0.1) is 10.2 Å². The molecule has 1 aliphatic heterocycles. The van der Waals surface area contributed by atoms with Gasteiger partial charge in [0.2, 0.25) is 0 Å². The number of rotatable bonds is 4. The van der Waals surface area contributed by atoms with Crippen molar-refractivity contribution in [2.45, 2.75) is 0 Å². The van der Waals surface area contributed by atoms with E-state index in [0.717, 1.165) is 53.2 Å². The van der Waals surface area contributed by atoms with Crippen molar-refractivity contribution in [2.24, 2.45) is 0 Å². The zero-order valence-corrected chi connectivity index (χ0v) is 13.6. The van der Waals surface area contributed by atoms with Crippen molar-refractivity contribution in [2.75, 3.05) is 43.7 Å². The molecule has 2 aromatic rings. The number of hydrogen-bond donors (Lipinski definition) is 0. The Balaban J connectivity index is 1.86. The molecule has 3 rings (SSSR count). The van der Waals surface area contributed by atoms with Gasteiger partial charge in [-0.25, -0.2) is 0 Å². The quantitative estimate of drug-likeness (QED) is 0.864. The Morgan fingerprint density at radius 2 is 1.82 bits per heavy atom. The normalized spacial score (nSPS) is 14.7. The lowest BCUT2D eigenvalue weighted by molar-refractivity contribution is 0.395. The van der Waals surface area contributed by atoms with Crippen molar-refractivity contribution in [3.8, 4) is 22.8 Å². The number of anilines is 1. The van der Waals surface area contributed by atoms with Gasteiger partial charge in [-0.1, -0.05) is 0 Å². The summed E-state index contributed by atoms with van der Waals surface area (Å²) in [4.78, 5) is 2.28. The summed E-state index contributed by atoms with van der Waals surface area (Å²) in [5, 5.41) is 8.75. The molecule has 1 aliphatic rings. The first-order valence-electron chi connectivity index (χ1n) is 7.20. The van der Waals surface area contributed by atoms with Crippen LogP contribution in [0, 0.1) is 0 Å². The molecule has 0 unspecified atom stereocenters. The van der Waals surface area contributed by atoms with Gasteiger partial charge < -0.3 is 14.4 Å². The van der Waals surface area contributed by atoms with Crippen molar-refractivity contribution >= 4 is 17.6 Å². The van der Waals surface area contributed by atoms with E-state index in [1.54, 1.807) is 14.2 Å². The zero-order valence-electron chi connectivity index (χ0n) is 12.8. The van der Waals surface area contributed by atoms with Crippen LogP contribution in [0.1, 0.15) is 0 Å². The van der Waals surface area contributed by atoms with E-state index in [1.807, 2.05) is 42.1 Å². The summed E-state index contributed by atoms with van der Waals surface area (Å²) in [6, 6.07) is 9.72. The first kappa shape index (κ1) is 15.0. The van der Waals surface area contributed by atoms with Crippen molar-refractivity contribution in [1.82, 2.24) is 10.2 Å². The van der Waals surface area contributed by atoms with Gasteiger partial charge in [-0.3, -0.25) is 0 Å². The maximum absolute atomic E-state index is 5.43. The van der Waals surface area contributed by atoms with Gasteiger partial charge in [-0.05, 0) is 24.3 Å². The third-order valence-electron chi connectivity index (χ3n) is 3.67. The summed E-state index contributed by atoms with van der Waals surface area (Å²) < 4.78 is 10.6. The van der Waals surface area contributed by atoms with Crippen molar-refractivity contribution in [1.29, 1.82) is 0 Å². The first-order valence-corrected chi connectivity index (χ1v) is 8.36. The maximum Gasteiger partial charge on any atom is 0.151 e. The summed E-state index contributed by atoms with van der Waals surface area (Å²) in [6.45, 7) is 2.06. The molecule has 1 aromatic carbocycles.